The van der Waals surface area contributed by atoms with E-state index in [0.29, 0.717) is 5.92 Å². The molecule has 0 aromatic rings. The van der Waals surface area contributed by atoms with E-state index in [1.807, 2.05) is 0 Å². The van der Waals surface area contributed by atoms with Gasteiger partial charge in [-0.05, 0) is 81.0 Å². The fourth-order valence-corrected chi connectivity index (χ4v) is 5.93. The van der Waals surface area contributed by atoms with Crippen LogP contribution in [0.2, 0.25) is 0 Å². The van der Waals surface area contributed by atoms with Gasteiger partial charge < -0.3 is 0 Å². The van der Waals surface area contributed by atoms with Gasteiger partial charge in [-0.15, -0.1) is 0 Å². The van der Waals surface area contributed by atoms with E-state index >= 15 is 0 Å². The normalized spacial score (nSPS) is 43.5. The van der Waals surface area contributed by atoms with E-state index in [0.717, 1.165) is 29.6 Å². The Morgan fingerprint density at radius 1 is 0.727 bits per heavy atom. The van der Waals surface area contributed by atoms with Crippen molar-refractivity contribution in [3.05, 3.63) is 0 Å². The highest BCUT2D eigenvalue weighted by molar-refractivity contribution is 4.91. The highest BCUT2D eigenvalue weighted by atomic mass is 14.4. The van der Waals surface area contributed by atoms with E-state index < -0.39 is 0 Å². The fourth-order valence-electron chi connectivity index (χ4n) is 5.93. The van der Waals surface area contributed by atoms with Gasteiger partial charge in [0.2, 0.25) is 0 Å². The second-order valence-electron chi connectivity index (χ2n) is 8.62. The van der Waals surface area contributed by atoms with Crippen molar-refractivity contribution in [2.75, 3.05) is 0 Å². The summed E-state index contributed by atoms with van der Waals surface area (Å²) in [5.41, 5.74) is 0. The highest BCUT2D eigenvalue weighted by Crippen LogP contribution is 2.46. The van der Waals surface area contributed by atoms with Crippen molar-refractivity contribution in [3.63, 3.8) is 0 Å². The Morgan fingerprint density at radius 3 is 1.82 bits per heavy atom. The molecule has 1 nitrogen and oxygen atoms in total. The molecule has 3 aliphatic rings. The van der Waals surface area contributed by atoms with Crippen molar-refractivity contribution in [2.45, 2.75) is 90.4 Å². The summed E-state index contributed by atoms with van der Waals surface area (Å²) in [6.45, 7) is 2.37. The van der Waals surface area contributed by atoms with E-state index in [1.54, 1.807) is 0 Å². The van der Waals surface area contributed by atoms with Gasteiger partial charge in [-0.2, -0.15) is 5.26 Å². The molecule has 22 heavy (non-hydrogen) atoms. The molecule has 0 saturated heterocycles. The molecule has 0 bridgehead atoms. The Bertz CT molecular complexity index is 366. The second-order valence-corrected chi connectivity index (χ2v) is 8.62. The third-order valence-electron chi connectivity index (χ3n) is 7.52. The predicted molar refractivity (Wildman–Crippen MR) is 92.2 cm³/mol. The van der Waals surface area contributed by atoms with Crippen molar-refractivity contribution in [2.24, 2.45) is 35.5 Å². The molecule has 2 unspecified atom stereocenters. The molecular weight excluding hydrogens is 266 g/mol. The van der Waals surface area contributed by atoms with Crippen LogP contribution in [0.15, 0.2) is 0 Å². The Morgan fingerprint density at radius 2 is 1.27 bits per heavy atom. The number of nitriles is 1. The van der Waals surface area contributed by atoms with Gasteiger partial charge in [-0.3, -0.25) is 0 Å². The average molecular weight is 302 g/mol. The van der Waals surface area contributed by atoms with Gasteiger partial charge in [0.25, 0.3) is 0 Å². The molecule has 0 aromatic carbocycles. The summed E-state index contributed by atoms with van der Waals surface area (Å²) in [6, 6.07) is 2.54. The molecule has 0 N–H and O–H groups in total. The Hall–Kier alpha value is -0.510. The summed E-state index contributed by atoms with van der Waals surface area (Å²) in [5, 5.41) is 9.21. The summed E-state index contributed by atoms with van der Waals surface area (Å²) >= 11 is 0. The quantitative estimate of drug-likeness (QED) is 0.596. The zero-order valence-electron chi connectivity index (χ0n) is 14.6. The maximum atomic E-state index is 9.21. The summed E-state index contributed by atoms with van der Waals surface area (Å²) in [7, 11) is 0. The molecule has 0 spiro atoms. The van der Waals surface area contributed by atoms with E-state index in [4.69, 9.17) is 0 Å². The zero-order chi connectivity index (χ0) is 15.4. The first kappa shape index (κ1) is 16.4. The minimum absolute atomic E-state index is 0.376. The van der Waals surface area contributed by atoms with Crippen LogP contribution < -0.4 is 0 Å². The molecule has 1 heteroatoms. The van der Waals surface area contributed by atoms with Crippen LogP contribution in [0.1, 0.15) is 90.4 Å². The molecule has 3 rings (SSSR count). The monoisotopic (exact) mass is 301 g/mol. The molecule has 3 saturated carbocycles. The number of hydrogen-bond donors (Lipinski definition) is 0. The molecule has 2 atom stereocenters. The van der Waals surface area contributed by atoms with Gasteiger partial charge in [0.1, 0.15) is 0 Å². The summed E-state index contributed by atoms with van der Waals surface area (Å²) in [6.07, 6.45) is 18.5. The summed E-state index contributed by atoms with van der Waals surface area (Å²) in [4.78, 5) is 0. The second kappa shape index (κ2) is 7.85. The Kier molecular flexibility index (Phi) is 5.83. The zero-order valence-corrected chi connectivity index (χ0v) is 14.6. The van der Waals surface area contributed by atoms with Crippen LogP contribution in [0.5, 0.6) is 0 Å². The lowest BCUT2D eigenvalue weighted by Gasteiger charge is -2.41. The van der Waals surface area contributed by atoms with Crippen molar-refractivity contribution >= 4 is 0 Å². The van der Waals surface area contributed by atoms with Crippen molar-refractivity contribution < 1.29 is 0 Å². The third-order valence-corrected chi connectivity index (χ3v) is 7.52. The summed E-state index contributed by atoms with van der Waals surface area (Å²) < 4.78 is 0. The van der Waals surface area contributed by atoms with Gasteiger partial charge in [-0.25, -0.2) is 0 Å². The fraction of sp³-hybridized carbons (Fsp3) is 0.952. The first-order valence-electron chi connectivity index (χ1n) is 10.2. The maximum Gasteiger partial charge on any atom is 0.0655 e. The largest absolute Gasteiger partial charge is 0.198 e. The Labute approximate surface area is 137 Å². The van der Waals surface area contributed by atoms with Gasteiger partial charge >= 0.3 is 0 Å². The van der Waals surface area contributed by atoms with Gasteiger partial charge in [-0.1, -0.05) is 39.0 Å². The average Bonchev–Trinajstić information content (AvgIpc) is 2.62. The molecule has 0 heterocycles. The molecule has 0 amide bonds. The molecule has 0 radical (unpaired) electrons. The summed E-state index contributed by atoms with van der Waals surface area (Å²) in [5.74, 6) is 5.36. The van der Waals surface area contributed by atoms with Crippen LogP contribution in [0.3, 0.4) is 0 Å². The lowest BCUT2D eigenvalue weighted by molar-refractivity contribution is 0.106. The van der Waals surface area contributed by atoms with Crippen LogP contribution in [-0.4, -0.2) is 0 Å². The molecule has 0 aromatic heterocycles. The van der Waals surface area contributed by atoms with E-state index in [-0.39, 0.29) is 0 Å². The third kappa shape index (κ3) is 3.87. The highest BCUT2D eigenvalue weighted by Gasteiger charge is 2.34. The van der Waals surface area contributed by atoms with Crippen LogP contribution >= 0.6 is 0 Å². The topological polar surface area (TPSA) is 23.8 Å². The van der Waals surface area contributed by atoms with Crippen molar-refractivity contribution in [1.82, 2.24) is 0 Å². The molecule has 3 fully saturated rings. The smallest absolute Gasteiger partial charge is 0.0655 e. The SMILES string of the molecule is CC[C@H]1CC[C@H]([C@H]2CC[C@H](C3CCCC(C#N)C3)CC2)CC1. The maximum absolute atomic E-state index is 9.21. The lowest BCUT2D eigenvalue weighted by atomic mass is 9.65. The molecule has 124 valence electrons. The van der Waals surface area contributed by atoms with Gasteiger partial charge in [0.15, 0.2) is 0 Å². The minimum atomic E-state index is 0.376. The lowest BCUT2D eigenvalue weighted by Crippen LogP contribution is -2.30. The van der Waals surface area contributed by atoms with E-state index in [9.17, 15) is 5.26 Å². The predicted octanol–water partition coefficient (Wildman–Crippen LogP) is 6.34. The van der Waals surface area contributed by atoms with E-state index in [1.165, 1.54) is 83.5 Å². The van der Waals surface area contributed by atoms with Crippen molar-refractivity contribution in [3.8, 4) is 6.07 Å². The first-order valence-corrected chi connectivity index (χ1v) is 10.2. The molecule has 3 aliphatic carbocycles. The Balaban J connectivity index is 1.44. The van der Waals surface area contributed by atoms with Crippen LogP contribution in [-0.2, 0) is 0 Å². The van der Waals surface area contributed by atoms with Crippen LogP contribution in [0.4, 0.5) is 0 Å². The van der Waals surface area contributed by atoms with Gasteiger partial charge in [0, 0.05) is 5.92 Å². The minimum Gasteiger partial charge on any atom is -0.198 e. The number of hydrogen-bond acceptors (Lipinski definition) is 1. The van der Waals surface area contributed by atoms with Crippen LogP contribution in [0, 0.1) is 46.8 Å². The first-order chi connectivity index (χ1) is 10.8. The van der Waals surface area contributed by atoms with E-state index in [2.05, 4.69) is 13.0 Å². The van der Waals surface area contributed by atoms with Crippen molar-refractivity contribution in [1.29, 1.82) is 5.26 Å². The molecule has 0 aliphatic heterocycles. The van der Waals surface area contributed by atoms with Gasteiger partial charge in [0.05, 0.1) is 6.07 Å². The standard InChI is InChI=1S/C21H35N/c1-2-16-6-8-18(9-7-16)19-10-12-20(13-11-19)21-5-3-4-17(14-21)15-22/h16-21H,2-14H2,1H3/t16-,17?,18-,19-,20-,21?. The number of rotatable bonds is 3. The molecular formula is C21H35N. The number of nitrogens with zero attached hydrogens (tertiary/aromatic N) is 1. The van der Waals surface area contributed by atoms with Crippen LogP contribution in [0.25, 0.3) is 0 Å².